The van der Waals surface area contributed by atoms with Crippen molar-refractivity contribution in [3.63, 3.8) is 0 Å². The van der Waals surface area contributed by atoms with Gasteiger partial charge in [0.1, 0.15) is 0 Å². The SMILES string of the molecule is O=c1c2ccc3c(=O)n4c(cc5scc(Br)c54)c4ccc(c2c34)c2cc3scc(Br)c3n12. The summed E-state index contributed by atoms with van der Waals surface area (Å²) < 4.78 is 7.57. The molecule has 0 bridgehead atoms. The summed E-state index contributed by atoms with van der Waals surface area (Å²) in [4.78, 5) is 27.3. The number of halogens is 2. The fourth-order valence-corrected chi connectivity index (χ4v) is 8.56. The van der Waals surface area contributed by atoms with Crippen LogP contribution in [-0.4, -0.2) is 8.80 Å². The van der Waals surface area contributed by atoms with Gasteiger partial charge in [-0.05, 0) is 56.1 Å². The molecular formula is C24H8Br2N2O2S2. The Kier molecular flexibility index (Phi) is 3.19. The first-order valence-corrected chi connectivity index (χ1v) is 13.2. The molecule has 4 nitrogen and oxygen atoms in total. The van der Waals surface area contributed by atoms with Crippen molar-refractivity contribution in [1.82, 2.24) is 8.80 Å². The molecule has 0 saturated heterocycles. The second-order valence-corrected chi connectivity index (χ2v) is 11.5. The summed E-state index contributed by atoms with van der Waals surface area (Å²) in [6.07, 6.45) is 0. The summed E-state index contributed by atoms with van der Waals surface area (Å²) in [6, 6.07) is 12.0. The van der Waals surface area contributed by atoms with Crippen LogP contribution in [0.25, 0.3) is 63.8 Å². The van der Waals surface area contributed by atoms with Crippen LogP contribution in [0.15, 0.2) is 65.7 Å². The highest BCUT2D eigenvalue weighted by Crippen LogP contribution is 2.41. The number of aromatic nitrogens is 2. The van der Waals surface area contributed by atoms with E-state index in [2.05, 4.69) is 56.1 Å². The highest BCUT2D eigenvalue weighted by Gasteiger charge is 2.22. The van der Waals surface area contributed by atoms with Gasteiger partial charge in [0.25, 0.3) is 11.1 Å². The number of benzene rings is 2. The fourth-order valence-electron chi connectivity index (χ4n) is 5.28. The second kappa shape index (κ2) is 5.69. The van der Waals surface area contributed by atoms with E-state index in [-0.39, 0.29) is 11.1 Å². The van der Waals surface area contributed by atoms with Crippen LogP contribution in [0.1, 0.15) is 0 Å². The molecule has 0 fully saturated rings. The lowest BCUT2D eigenvalue weighted by Gasteiger charge is -2.13. The monoisotopic (exact) mass is 578 g/mol. The maximum atomic E-state index is 13.7. The van der Waals surface area contributed by atoms with E-state index in [0.717, 1.165) is 62.0 Å². The first-order valence-electron chi connectivity index (χ1n) is 9.81. The number of nitrogens with zero attached hydrogens (tertiary/aromatic N) is 2. The van der Waals surface area contributed by atoms with Crippen molar-refractivity contribution in [2.24, 2.45) is 0 Å². The van der Waals surface area contributed by atoms with Gasteiger partial charge in [0, 0.05) is 43.1 Å². The van der Waals surface area contributed by atoms with Gasteiger partial charge in [0.15, 0.2) is 0 Å². The molecular weight excluding hydrogens is 572 g/mol. The summed E-state index contributed by atoms with van der Waals surface area (Å²) in [5, 5.41) is 9.04. The first-order chi connectivity index (χ1) is 15.5. The molecule has 0 aliphatic rings. The predicted molar refractivity (Wildman–Crippen MR) is 142 cm³/mol. The van der Waals surface area contributed by atoms with E-state index >= 15 is 0 Å². The van der Waals surface area contributed by atoms with Crippen LogP contribution in [0.4, 0.5) is 0 Å². The van der Waals surface area contributed by atoms with Crippen molar-refractivity contribution < 1.29 is 0 Å². The van der Waals surface area contributed by atoms with Gasteiger partial charge in [0.05, 0.1) is 40.4 Å². The maximum Gasteiger partial charge on any atom is 0.263 e. The Hall–Kier alpha value is -2.52. The Balaban J connectivity index is 1.73. The molecule has 32 heavy (non-hydrogen) atoms. The Labute approximate surface area is 202 Å². The minimum absolute atomic E-state index is 0.0533. The van der Waals surface area contributed by atoms with E-state index in [4.69, 9.17) is 0 Å². The summed E-state index contributed by atoms with van der Waals surface area (Å²) >= 11 is 10.4. The van der Waals surface area contributed by atoms with Gasteiger partial charge < -0.3 is 0 Å². The summed E-state index contributed by atoms with van der Waals surface area (Å²) in [6.45, 7) is 0. The van der Waals surface area contributed by atoms with E-state index in [1.54, 1.807) is 31.5 Å². The van der Waals surface area contributed by atoms with E-state index < -0.39 is 0 Å². The molecule has 8 aromatic rings. The van der Waals surface area contributed by atoms with Crippen LogP contribution in [0.2, 0.25) is 0 Å². The molecule has 6 aromatic heterocycles. The standard InChI is InChI=1S/C24H8Br2N2O2S2/c25-13-7-31-17-5-15-9-1-2-10-16-6-18-22(14(26)8-32-18)28(16)24(30)12-4-3-11(19(9)20(10)12)23(29)27(15)21(13)17/h1-8H. The van der Waals surface area contributed by atoms with Crippen LogP contribution < -0.4 is 11.1 Å². The number of fused-ring (bicyclic) bond motifs is 8. The van der Waals surface area contributed by atoms with Gasteiger partial charge in [-0.1, -0.05) is 12.1 Å². The Morgan fingerprint density at radius 3 is 1.47 bits per heavy atom. The molecule has 0 aliphatic heterocycles. The minimum Gasteiger partial charge on any atom is -0.274 e. The van der Waals surface area contributed by atoms with Crippen molar-refractivity contribution in [2.75, 3.05) is 0 Å². The minimum atomic E-state index is -0.0533. The van der Waals surface area contributed by atoms with E-state index in [1.807, 2.05) is 22.9 Å². The van der Waals surface area contributed by atoms with Gasteiger partial charge in [0.2, 0.25) is 0 Å². The molecule has 2 aromatic carbocycles. The molecule has 8 heteroatoms. The van der Waals surface area contributed by atoms with Crippen LogP contribution in [0.3, 0.4) is 0 Å². The highest BCUT2D eigenvalue weighted by atomic mass is 79.9. The number of hydrogen-bond acceptors (Lipinski definition) is 4. The highest BCUT2D eigenvalue weighted by molar-refractivity contribution is 9.11. The average Bonchev–Trinajstić information content (AvgIpc) is 3.53. The molecule has 0 radical (unpaired) electrons. The lowest BCUT2D eigenvalue weighted by atomic mass is 9.95. The molecule has 0 spiro atoms. The number of pyridine rings is 2. The molecule has 8 rings (SSSR count). The van der Waals surface area contributed by atoms with E-state index in [9.17, 15) is 9.59 Å². The third-order valence-electron chi connectivity index (χ3n) is 6.54. The van der Waals surface area contributed by atoms with Gasteiger partial charge in [-0.25, -0.2) is 0 Å². The van der Waals surface area contributed by atoms with Crippen molar-refractivity contribution in [1.29, 1.82) is 0 Å². The van der Waals surface area contributed by atoms with Crippen molar-refractivity contribution in [3.05, 3.63) is 76.8 Å². The molecule has 6 heterocycles. The Morgan fingerprint density at radius 1 is 0.625 bits per heavy atom. The Morgan fingerprint density at radius 2 is 1.03 bits per heavy atom. The molecule has 152 valence electrons. The Bertz CT molecular complexity index is 2060. The van der Waals surface area contributed by atoms with Crippen molar-refractivity contribution in [3.8, 4) is 0 Å². The summed E-state index contributed by atoms with van der Waals surface area (Å²) in [5.74, 6) is 0. The zero-order valence-electron chi connectivity index (χ0n) is 15.9. The molecule has 0 atom stereocenters. The van der Waals surface area contributed by atoms with E-state index in [0.29, 0.717) is 10.8 Å². The first kappa shape index (κ1) is 18.0. The quantitative estimate of drug-likeness (QED) is 0.178. The topological polar surface area (TPSA) is 43.0 Å². The van der Waals surface area contributed by atoms with Crippen molar-refractivity contribution >= 4 is 118 Å². The third-order valence-corrected chi connectivity index (χ3v) is 10.2. The van der Waals surface area contributed by atoms with Gasteiger partial charge in [-0.2, -0.15) is 0 Å². The van der Waals surface area contributed by atoms with Gasteiger partial charge in [-0.15, -0.1) is 22.7 Å². The number of thiophene rings is 2. The van der Waals surface area contributed by atoms with E-state index in [1.165, 1.54) is 0 Å². The lowest BCUT2D eigenvalue weighted by molar-refractivity contribution is 1.20. The predicted octanol–water partition coefficient (Wildman–Crippen LogP) is 7.20. The van der Waals surface area contributed by atoms with Crippen LogP contribution in [0.5, 0.6) is 0 Å². The fraction of sp³-hybridized carbons (Fsp3) is 0. The zero-order chi connectivity index (χ0) is 21.5. The van der Waals surface area contributed by atoms with Crippen LogP contribution in [0, 0.1) is 0 Å². The average molecular weight is 580 g/mol. The normalized spacial score (nSPS) is 12.9. The summed E-state index contributed by atoms with van der Waals surface area (Å²) in [7, 11) is 0. The molecule has 0 amide bonds. The maximum absolute atomic E-state index is 13.7. The smallest absolute Gasteiger partial charge is 0.263 e. The van der Waals surface area contributed by atoms with Gasteiger partial charge >= 0.3 is 0 Å². The molecule has 0 unspecified atom stereocenters. The van der Waals surface area contributed by atoms with Crippen LogP contribution >= 0.6 is 54.5 Å². The van der Waals surface area contributed by atoms with Gasteiger partial charge in [-0.3, -0.25) is 18.4 Å². The zero-order valence-corrected chi connectivity index (χ0v) is 20.7. The number of hydrogen-bond donors (Lipinski definition) is 0. The molecule has 0 aliphatic carbocycles. The molecule has 0 saturated carbocycles. The van der Waals surface area contributed by atoms with Crippen molar-refractivity contribution in [2.45, 2.75) is 0 Å². The number of rotatable bonds is 0. The lowest BCUT2D eigenvalue weighted by Crippen LogP contribution is -2.16. The third kappa shape index (κ3) is 1.87. The molecule has 0 N–H and O–H groups in total. The van der Waals surface area contributed by atoms with Crippen LogP contribution in [-0.2, 0) is 0 Å². The summed E-state index contributed by atoms with van der Waals surface area (Å²) in [5.41, 5.74) is 3.47. The second-order valence-electron chi connectivity index (χ2n) is 8.00. The largest absolute Gasteiger partial charge is 0.274 e.